The molecular weight excluding hydrogens is 398 g/mol. The molecule has 4 aromatic rings. The van der Waals surface area contributed by atoms with Crippen LogP contribution in [0.3, 0.4) is 0 Å². The second kappa shape index (κ2) is 8.04. The van der Waals surface area contributed by atoms with Crippen molar-refractivity contribution in [2.45, 2.75) is 10.9 Å². The van der Waals surface area contributed by atoms with Crippen LogP contribution in [0.2, 0.25) is 5.02 Å². The van der Waals surface area contributed by atoms with Gasteiger partial charge in [-0.25, -0.2) is 0 Å². The SMILES string of the molecule is COc1ccc(-c2nnc(SCc3nc(-c4cccc(Cl)c4)no3)n2C)cc1. The number of thioether (sulfide) groups is 1. The van der Waals surface area contributed by atoms with Crippen LogP contribution in [0, 0.1) is 0 Å². The first kappa shape index (κ1) is 18.5. The van der Waals surface area contributed by atoms with Crippen LogP contribution < -0.4 is 4.74 Å². The second-order valence-electron chi connectivity index (χ2n) is 5.90. The molecule has 0 radical (unpaired) electrons. The van der Waals surface area contributed by atoms with Gasteiger partial charge in [0.1, 0.15) is 5.75 Å². The highest BCUT2D eigenvalue weighted by Gasteiger charge is 2.14. The summed E-state index contributed by atoms with van der Waals surface area (Å²) in [6, 6.07) is 15.0. The molecule has 0 fully saturated rings. The smallest absolute Gasteiger partial charge is 0.237 e. The fourth-order valence-corrected chi connectivity index (χ4v) is 3.56. The fourth-order valence-electron chi connectivity index (χ4n) is 2.62. The Morgan fingerprint density at radius 2 is 1.93 bits per heavy atom. The zero-order valence-electron chi connectivity index (χ0n) is 15.2. The van der Waals surface area contributed by atoms with E-state index in [-0.39, 0.29) is 0 Å². The summed E-state index contributed by atoms with van der Waals surface area (Å²) >= 11 is 7.49. The van der Waals surface area contributed by atoms with Crippen molar-refractivity contribution >= 4 is 23.4 Å². The Morgan fingerprint density at radius 1 is 1.11 bits per heavy atom. The summed E-state index contributed by atoms with van der Waals surface area (Å²) in [5, 5.41) is 14.0. The van der Waals surface area contributed by atoms with Gasteiger partial charge in [-0.05, 0) is 36.4 Å². The lowest BCUT2D eigenvalue weighted by atomic mass is 10.2. The number of methoxy groups -OCH3 is 1. The average Bonchev–Trinajstić information content (AvgIpc) is 3.33. The lowest BCUT2D eigenvalue weighted by Crippen LogP contribution is -1.95. The van der Waals surface area contributed by atoms with E-state index in [2.05, 4.69) is 20.3 Å². The maximum Gasteiger partial charge on any atom is 0.237 e. The van der Waals surface area contributed by atoms with Gasteiger partial charge >= 0.3 is 0 Å². The zero-order valence-corrected chi connectivity index (χ0v) is 16.7. The molecule has 2 heterocycles. The molecule has 0 saturated heterocycles. The topological polar surface area (TPSA) is 78.9 Å². The quantitative estimate of drug-likeness (QED) is 0.431. The highest BCUT2D eigenvalue weighted by atomic mass is 35.5. The summed E-state index contributed by atoms with van der Waals surface area (Å²) in [6.07, 6.45) is 0. The van der Waals surface area contributed by atoms with Gasteiger partial charge in [-0.1, -0.05) is 40.7 Å². The van der Waals surface area contributed by atoms with E-state index in [1.165, 1.54) is 11.8 Å². The predicted octanol–water partition coefficient (Wildman–Crippen LogP) is 4.49. The summed E-state index contributed by atoms with van der Waals surface area (Å²) in [7, 11) is 3.56. The minimum atomic E-state index is 0.488. The number of rotatable bonds is 6. The molecule has 28 heavy (non-hydrogen) atoms. The minimum Gasteiger partial charge on any atom is -0.497 e. The first-order valence-electron chi connectivity index (χ1n) is 8.39. The van der Waals surface area contributed by atoms with Gasteiger partial charge in [-0.3, -0.25) is 0 Å². The van der Waals surface area contributed by atoms with Crippen molar-refractivity contribution in [1.29, 1.82) is 0 Å². The summed E-state index contributed by atoms with van der Waals surface area (Å²) in [6.45, 7) is 0. The highest BCUT2D eigenvalue weighted by molar-refractivity contribution is 7.98. The number of ether oxygens (including phenoxy) is 1. The molecule has 0 aliphatic carbocycles. The van der Waals surface area contributed by atoms with Gasteiger partial charge in [0.15, 0.2) is 11.0 Å². The van der Waals surface area contributed by atoms with E-state index in [1.807, 2.05) is 48.0 Å². The van der Waals surface area contributed by atoms with Crippen molar-refractivity contribution < 1.29 is 9.26 Å². The van der Waals surface area contributed by atoms with Gasteiger partial charge in [0.25, 0.3) is 0 Å². The van der Waals surface area contributed by atoms with Crippen LogP contribution in [0.25, 0.3) is 22.8 Å². The largest absolute Gasteiger partial charge is 0.497 e. The molecule has 4 rings (SSSR count). The molecule has 142 valence electrons. The van der Waals surface area contributed by atoms with E-state index < -0.39 is 0 Å². The van der Waals surface area contributed by atoms with E-state index in [4.69, 9.17) is 20.9 Å². The van der Waals surface area contributed by atoms with Crippen molar-refractivity contribution in [3.8, 4) is 28.5 Å². The Labute approximate surface area is 170 Å². The molecule has 2 aromatic heterocycles. The molecule has 0 saturated carbocycles. The summed E-state index contributed by atoms with van der Waals surface area (Å²) in [5.74, 6) is 3.08. The van der Waals surface area contributed by atoms with Crippen LogP contribution in [0.4, 0.5) is 0 Å². The van der Waals surface area contributed by atoms with Gasteiger partial charge < -0.3 is 13.8 Å². The van der Waals surface area contributed by atoms with E-state index in [0.717, 1.165) is 27.9 Å². The normalized spacial score (nSPS) is 11.0. The Bertz CT molecular complexity index is 1090. The number of halogens is 1. The van der Waals surface area contributed by atoms with Crippen LogP contribution in [-0.4, -0.2) is 32.0 Å². The first-order chi connectivity index (χ1) is 13.6. The van der Waals surface area contributed by atoms with Crippen LogP contribution in [0.15, 0.2) is 58.2 Å². The molecule has 7 nitrogen and oxygen atoms in total. The molecule has 0 amide bonds. The van der Waals surface area contributed by atoms with Gasteiger partial charge in [0.05, 0.1) is 12.9 Å². The van der Waals surface area contributed by atoms with E-state index in [9.17, 15) is 0 Å². The molecular formula is C19H16ClN5O2S. The van der Waals surface area contributed by atoms with Gasteiger partial charge in [-0.2, -0.15) is 4.98 Å². The molecule has 0 N–H and O–H groups in total. The Kier molecular flexibility index (Phi) is 5.31. The standard InChI is InChI=1S/C19H16ClN5O2S/c1-25-18(12-6-8-15(26-2)9-7-12)22-23-19(25)28-11-16-21-17(24-27-16)13-4-3-5-14(20)10-13/h3-10H,11H2,1-2H3. The number of nitrogens with zero attached hydrogens (tertiary/aromatic N) is 5. The second-order valence-corrected chi connectivity index (χ2v) is 7.28. The zero-order chi connectivity index (χ0) is 19.5. The van der Waals surface area contributed by atoms with Gasteiger partial charge in [-0.15, -0.1) is 10.2 Å². The van der Waals surface area contributed by atoms with Gasteiger partial charge in [0.2, 0.25) is 11.7 Å². The van der Waals surface area contributed by atoms with Crippen molar-refractivity contribution in [2.75, 3.05) is 7.11 Å². The van der Waals surface area contributed by atoms with Crippen LogP contribution >= 0.6 is 23.4 Å². The van der Waals surface area contributed by atoms with Crippen LogP contribution in [0.5, 0.6) is 5.75 Å². The predicted molar refractivity (Wildman–Crippen MR) is 107 cm³/mol. The maximum atomic E-state index is 6.01. The van der Waals surface area contributed by atoms with Crippen LogP contribution in [-0.2, 0) is 12.8 Å². The fraction of sp³-hybridized carbons (Fsp3) is 0.158. The average molecular weight is 414 g/mol. The van der Waals surface area contributed by atoms with Crippen molar-refractivity contribution in [3.63, 3.8) is 0 Å². The molecule has 0 aliphatic rings. The Hall–Kier alpha value is -2.84. The van der Waals surface area contributed by atoms with E-state index in [1.54, 1.807) is 19.2 Å². The molecule has 0 aliphatic heterocycles. The molecule has 9 heteroatoms. The lowest BCUT2D eigenvalue weighted by Gasteiger charge is -2.04. The third-order valence-electron chi connectivity index (χ3n) is 4.06. The number of benzene rings is 2. The number of hydrogen-bond acceptors (Lipinski definition) is 7. The number of hydrogen-bond donors (Lipinski definition) is 0. The Morgan fingerprint density at radius 3 is 2.68 bits per heavy atom. The Balaban J connectivity index is 1.46. The maximum absolute atomic E-state index is 6.01. The summed E-state index contributed by atoms with van der Waals surface area (Å²) in [5.41, 5.74) is 1.77. The summed E-state index contributed by atoms with van der Waals surface area (Å²) < 4.78 is 12.5. The van der Waals surface area contributed by atoms with Gasteiger partial charge in [0, 0.05) is 23.2 Å². The third-order valence-corrected chi connectivity index (χ3v) is 5.30. The molecule has 2 aromatic carbocycles. The first-order valence-corrected chi connectivity index (χ1v) is 9.75. The monoisotopic (exact) mass is 413 g/mol. The highest BCUT2D eigenvalue weighted by Crippen LogP contribution is 2.27. The molecule has 0 atom stereocenters. The van der Waals surface area contributed by atoms with Crippen molar-refractivity contribution in [2.24, 2.45) is 7.05 Å². The summed E-state index contributed by atoms with van der Waals surface area (Å²) in [4.78, 5) is 4.42. The molecule has 0 unspecified atom stereocenters. The van der Waals surface area contributed by atoms with Crippen molar-refractivity contribution in [1.82, 2.24) is 24.9 Å². The third kappa shape index (κ3) is 3.88. The lowest BCUT2D eigenvalue weighted by molar-refractivity contribution is 0.391. The minimum absolute atomic E-state index is 0.488. The number of aromatic nitrogens is 5. The van der Waals surface area contributed by atoms with E-state index in [0.29, 0.717) is 22.5 Å². The van der Waals surface area contributed by atoms with Crippen molar-refractivity contribution in [3.05, 3.63) is 59.4 Å². The molecule has 0 bridgehead atoms. The molecule has 0 spiro atoms. The van der Waals surface area contributed by atoms with Crippen LogP contribution in [0.1, 0.15) is 5.89 Å². The van der Waals surface area contributed by atoms with E-state index >= 15 is 0 Å².